The lowest BCUT2D eigenvalue weighted by molar-refractivity contribution is -0.117. The number of nitrogens with zero attached hydrogens (tertiary/aromatic N) is 1. The second kappa shape index (κ2) is 7.68. The van der Waals surface area contributed by atoms with E-state index in [0.29, 0.717) is 11.8 Å². The number of aryl methyl sites for hydroxylation is 1. The third-order valence-corrected chi connectivity index (χ3v) is 3.48. The summed E-state index contributed by atoms with van der Waals surface area (Å²) in [6.45, 7) is 3.20. The maximum Gasteiger partial charge on any atom is 0.226 e. The third-order valence-electron chi connectivity index (χ3n) is 3.48. The first-order valence-corrected chi connectivity index (χ1v) is 7.46. The molecule has 2 rings (SSSR count). The van der Waals surface area contributed by atoms with E-state index in [2.05, 4.69) is 5.32 Å². The van der Waals surface area contributed by atoms with Gasteiger partial charge in [-0.15, -0.1) is 0 Å². The van der Waals surface area contributed by atoms with Gasteiger partial charge in [-0.25, -0.2) is 8.78 Å². The Hall–Kier alpha value is -2.76. The van der Waals surface area contributed by atoms with Crippen LogP contribution in [-0.2, 0) is 9.59 Å². The molecule has 1 N–H and O–H groups in total. The topological polar surface area (TPSA) is 49.4 Å². The minimum absolute atomic E-state index is 0.00438. The van der Waals surface area contributed by atoms with Gasteiger partial charge in [-0.3, -0.25) is 9.59 Å². The highest BCUT2D eigenvalue weighted by Gasteiger charge is 2.17. The molecule has 2 aromatic rings. The molecular formula is C18H18F2N2O2. The number of amides is 2. The molecule has 0 atom stereocenters. The largest absolute Gasteiger partial charge is 0.326 e. The van der Waals surface area contributed by atoms with Gasteiger partial charge in [0.2, 0.25) is 11.8 Å². The quantitative estimate of drug-likeness (QED) is 0.908. The standard InChI is InChI=1S/C18H18F2N2O2/c1-12-3-6-15(7-4-12)21-18(24)9-10-22(13(2)23)17-8-5-14(19)11-16(17)20/h3-8,11H,9-10H2,1-2H3,(H,21,24). The number of carbonyl (C=O) groups is 2. The molecule has 0 bridgehead atoms. The van der Waals surface area contributed by atoms with E-state index in [1.807, 2.05) is 19.1 Å². The molecule has 0 aliphatic rings. The first kappa shape index (κ1) is 17.6. The molecule has 0 heterocycles. The zero-order valence-corrected chi connectivity index (χ0v) is 13.5. The van der Waals surface area contributed by atoms with Crippen LogP contribution in [0.3, 0.4) is 0 Å². The average molecular weight is 332 g/mol. The van der Waals surface area contributed by atoms with Crippen molar-refractivity contribution in [3.63, 3.8) is 0 Å². The van der Waals surface area contributed by atoms with Crippen molar-refractivity contribution in [3.8, 4) is 0 Å². The maximum absolute atomic E-state index is 13.8. The second-order valence-electron chi connectivity index (χ2n) is 5.43. The molecule has 0 radical (unpaired) electrons. The van der Waals surface area contributed by atoms with Crippen molar-refractivity contribution in [2.24, 2.45) is 0 Å². The molecule has 0 aliphatic carbocycles. The highest BCUT2D eigenvalue weighted by Crippen LogP contribution is 2.21. The van der Waals surface area contributed by atoms with E-state index < -0.39 is 17.5 Å². The Morgan fingerprint density at radius 3 is 2.33 bits per heavy atom. The predicted molar refractivity (Wildman–Crippen MR) is 88.8 cm³/mol. The van der Waals surface area contributed by atoms with Gasteiger partial charge >= 0.3 is 0 Å². The van der Waals surface area contributed by atoms with Crippen LogP contribution >= 0.6 is 0 Å². The Bertz CT molecular complexity index is 745. The van der Waals surface area contributed by atoms with Gasteiger partial charge in [0.25, 0.3) is 0 Å². The molecule has 0 aromatic heterocycles. The Balaban J connectivity index is 2.02. The molecular weight excluding hydrogens is 314 g/mol. The highest BCUT2D eigenvalue weighted by molar-refractivity contribution is 5.94. The molecule has 0 saturated heterocycles. The lowest BCUT2D eigenvalue weighted by atomic mass is 10.2. The van der Waals surface area contributed by atoms with Crippen LogP contribution in [0.15, 0.2) is 42.5 Å². The molecule has 0 unspecified atom stereocenters. The minimum Gasteiger partial charge on any atom is -0.326 e. The van der Waals surface area contributed by atoms with Crippen LogP contribution in [0.5, 0.6) is 0 Å². The number of benzene rings is 2. The van der Waals surface area contributed by atoms with E-state index in [1.54, 1.807) is 12.1 Å². The van der Waals surface area contributed by atoms with Crippen LogP contribution in [0.25, 0.3) is 0 Å². The molecule has 6 heteroatoms. The van der Waals surface area contributed by atoms with Crippen molar-refractivity contribution in [2.45, 2.75) is 20.3 Å². The number of hydrogen-bond acceptors (Lipinski definition) is 2. The summed E-state index contributed by atoms with van der Waals surface area (Å²) in [7, 11) is 0. The normalized spacial score (nSPS) is 10.3. The number of anilines is 2. The summed E-state index contributed by atoms with van der Waals surface area (Å²) in [5, 5.41) is 2.71. The van der Waals surface area contributed by atoms with Gasteiger partial charge in [0.15, 0.2) is 0 Å². The van der Waals surface area contributed by atoms with Gasteiger partial charge < -0.3 is 10.2 Å². The molecule has 0 spiro atoms. The Kier molecular flexibility index (Phi) is 5.63. The molecule has 24 heavy (non-hydrogen) atoms. The molecule has 4 nitrogen and oxygen atoms in total. The first-order chi connectivity index (χ1) is 11.4. The number of rotatable bonds is 5. The molecule has 2 amide bonds. The predicted octanol–water partition coefficient (Wildman–Crippen LogP) is 3.65. The number of hydrogen-bond donors (Lipinski definition) is 1. The lowest BCUT2D eigenvalue weighted by Crippen LogP contribution is -2.32. The van der Waals surface area contributed by atoms with E-state index in [1.165, 1.54) is 13.0 Å². The summed E-state index contributed by atoms with van der Waals surface area (Å²) in [6, 6.07) is 10.2. The van der Waals surface area contributed by atoms with Crippen molar-refractivity contribution in [1.29, 1.82) is 0 Å². The van der Waals surface area contributed by atoms with Gasteiger partial charge in [0, 0.05) is 31.6 Å². The summed E-state index contributed by atoms with van der Waals surface area (Å²) in [5.41, 5.74) is 1.67. The van der Waals surface area contributed by atoms with Gasteiger partial charge in [0.1, 0.15) is 11.6 Å². The van der Waals surface area contributed by atoms with E-state index in [-0.39, 0.29) is 24.6 Å². The fraction of sp³-hybridized carbons (Fsp3) is 0.222. The SMILES string of the molecule is CC(=O)N(CCC(=O)Nc1ccc(C)cc1)c1ccc(F)cc1F. The average Bonchev–Trinajstić information content (AvgIpc) is 2.51. The van der Waals surface area contributed by atoms with Crippen molar-refractivity contribution >= 4 is 23.2 Å². The van der Waals surface area contributed by atoms with Crippen molar-refractivity contribution in [2.75, 3.05) is 16.8 Å². The summed E-state index contributed by atoms with van der Waals surface area (Å²) in [6.07, 6.45) is -0.00965. The summed E-state index contributed by atoms with van der Waals surface area (Å²) < 4.78 is 26.8. The van der Waals surface area contributed by atoms with Crippen LogP contribution in [0, 0.1) is 18.6 Å². The zero-order chi connectivity index (χ0) is 17.7. The third kappa shape index (κ3) is 4.62. The number of halogens is 2. The summed E-state index contributed by atoms with van der Waals surface area (Å²) >= 11 is 0. The maximum atomic E-state index is 13.8. The van der Waals surface area contributed by atoms with E-state index in [0.717, 1.165) is 16.5 Å². The van der Waals surface area contributed by atoms with Crippen LogP contribution in [0.1, 0.15) is 18.9 Å². The van der Waals surface area contributed by atoms with E-state index >= 15 is 0 Å². The number of carbonyl (C=O) groups excluding carboxylic acids is 2. The van der Waals surface area contributed by atoms with Crippen molar-refractivity contribution < 1.29 is 18.4 Å². The molecule has 0 aliphatic heterocycles. The minimum atomic E-state index is -0.843. The molecule has 0 fully saturated rings. The van der Waals surface area contributed by atoms with Crippen LogP contribution in [0.2, 0.25) is 0 Å². The second-order valence-corrected chi connectivity index (χ2v) is 5.43. The number of nitrogens with one attached hydrogen (secondary N) is 1. The fourth-order valence-electron chi connectivity index (χ4n) is 2.22. The van der Waals surface area contributed by atoms with E-state index in [4.69, 9.17) is 0 Å². The molecule has 126 valence electrons. The first-order valence-electron chi connectivity index (χ1n) is 7.46. The van der Waals surface area contributed by atoms with Gasteiger partial charge in [-0.1, -0.05) is 17.7 Å². The van der Waals surface area contributed by atoms with Gasteiger partial charge in [-0.05, 0) is 31.2 Å². The van der Waals surface area contributed by atoms with Crippen LogP contribution in [-0.4, -0.2) is 18.4 Å². The lowest BCUT2D eigenvalue weighted by Gasteiger charge is -2.21. The Labute approximate surface area is 139 Å². The Morgan fingerprint density at radius 2 is 1.75 bits per heavy atom. The Morgan fingerprint density at radius 1 is 1.08 bits per heavy atom. The monoisotopic (exact) mass is 332 g/mol. The fourth-order valence-corrected chi connectivity index (χ4v) is 2.22. The van der Waals surface area contributed by atoms with E-state index in [9.17, 15) is 18.4 Å². The van der Waals surface area contributed by atoms with Crippen LogP contribution in [0.4, 0.5) is 20.2 Å². The van der Waals surface area contributed by atoms with Crippen molar-refractivity contribution in [3.05, 3.63) is 59.7 Å². The van der Waals surface area contributed by atoms with Gasteiger partial charge in [0.05, 0.1) is 5.69 Å². The smallest absolute Gasteiger partial charge is 0.226 e. The molecule has 2 aromatic carbocycles. The summed E-state index contributed by atoms with van der Waals surface area (Å²) in [5.74, 6) is -2.29. The highest BCUT2D eigenvalue weighted by atomic mass is 19.1. The zero-order valence-electron chi connectivity index (χ0n) is 13.5. The van der Waals surface area contributed by atoms with Gasteiger partial charge in [-0.2, -0.15) is 0 Å². The van der Waals surface area contributed by atoms with Crippen LogP contribution < -0.4 is 10.2 Å². The summed E-state index contributed by atoms with van der Waals surface area (Å²) in [4.78, 5) is 24.8. The van der Waals surface area contributed by atoms with Crippen molar-refractivity contribution in [1.82, 2.24) is 0 Å². The molecule has 0 saturated carbocycles.